The fraction of sp³-hybridized carbons (Fsp3) is 0. The van der Waals surface area contributed by atoms with E-state index in [2.05, 4.69) is 79.5 Å². The summed E-state index contributed by atoms with van der Waals surface area (Å²) >= 11 is 0. The first-order valence-corrected chi connectivity index (χ1v) is 14.2. The van der Waals surface area contributed by atoms with Gasteiger partial charge in [-0.3, -0.25) is 0 Å². The van der Waals surface area contributed by atoms with E-state index >= 15 is 0 Å². The molecule has 0 radical (unpaired) electrons. The molecule has 0 amide bonds. The Hall–Kier alpha value is -6.61. The van der Waals surface area contributed by atoms with E-state index in [9.17, 15) is 5.26 Å². The molecule has 0 atom stereocenters. The van der Waals surface area contributed by atoms with Crippen LogP contribution < -0.4 is 0 Å². The quantitative estimate of drug-likeness (QED) is 0.199. The van der Waals surface area contributed by atoms with Gasteiger partial charge in [-0.25, -0.2) is 9.69 Å². The highest BCUT2D eigenvalue weighted by Gasteiger charge is 2.19. The molecule has 0 saturated heterocycles. The first-order valence-electron chi connectivity index (χ1n) is 14.2. The van der Waals surface area contributed by atoms with Crippen molar-refractivity contribution in [3.8, 4) is 28.6 Å². The van der Waals surface area contributed by atoms with Crippen LogP contribution in [0.15, 0.2) is 127 Å². The second kappa shape index (κ2) is 9.74. The number of benzene rings is 6. The van der Waals surface area contributed by atoms with Gasteiger partial charge in [0.25, 0.3) is 0 Å². The smallest absolute Gasteiger partial charge is 0.210 e. The Balaban J connectivity index is 1.43. The maximum Gasteiger partial charge on any atom is 0.210 e. The SMILES string of the molecule is [C-]#[N+]c1ccc2c(c1)c1c(-c3cccc(-n4c5ccccc5c5cc(C#N)ccc54)c3)cccc1n2-c1ccccc1[N+]#[C-]. The van der Waals surface area contributed by atoms with E-state index in [4.69, 9.17) is 13.1 Å². The molecule has 0 unspecified atom stereocenters. The Morgan fingerprint density at radius 1 is 0.568 bits per heavy atom. The zero-order valence-electron chi connectivity index (χ0n) is 23.4. The lowest BCUT2D eigenvalue weighted by Crippen LogP contribution is -1.95. The Labute approximate surface area is 253 Å². The number of fused-ring (bicyclic) bond motifs is 6. The molecule has 0 aliphatic heterocycles. The first-order chi connectivity index (χ1) is 21.7. The summed E-state index contributed by atoms with van der Waals surface area (Å²) in [6, 6.07) is 44.6. The van der Waals surface area contributed by atoms with Crippen LogP contribution >= 0.6 is 0 Å². The van der Waals surface area contributed by atoms with Crippen molar-refractivity contribution < 1.29 is 0 Å². The van der Waals surface area contributed by atoms with E-state index in [0.29, 0.717) is 16.9 Å². The van der Waals surface area contributed by atoms with E-state index in [-0.39, 0.29) is 0 Å². The van der Waals surface area contributed by atoms with Gasteiger partial charge in [-0.2, -0.15) is 5.26 Å². The highest BCUT2D eigenvalue weighted by molar-refractivity contribution is 6.17. The van der Waals surface area contributed by atoms with Crippen LogP contribution in [0.25, 0.3) is 75.8 Å². The summed E-state index contributed by atoms with van der Waals surface area (Å²) in [6.07, 6.45) is 0. The number of nitriles is 1. The van der Waals surface area contributed by atoms with Gasteiger partial charge in [0, 0.05) is 21.8 Å². The van der Waals surface area contributed by atoms with Crippen molar-refractivity contribution in [2.24, 2.45) is 0 Å². The van der Waals surface area contributed by atoms with E-state index in [1.807, 2.05) is 72.8 Å². The zero-order valence-corrected chi connectivity index (χ0v) is 23.4. The van der Waals surface area contributed by atoms with Crippen molar-refractivity contribution in [2.75, 3.05) is 0 Å². The third kappa shape index (κ3) is 3.63. The van der Waals surface area contributed by atoms with Gasteiger partial charge >= 0.3 is 0 Å². The Morgan fingerprint density at radius 3 is 2.18 bits per heavy atom. The summed E-state index contributed by atoms with van der Waals surface area (Å²) < 4.78 is 4.39. The Bertz CT molecular complexity index is 2600. The third-order valence-electron chi connectivity index (χ3n) is 8.36. The fourth-order valence-corrected chi connectivity index (χ4v) is 6.51. The number of hydrogen-bond donors (Lipinski definition) is 0. The number of hydrogen-bond acceptors (Lipinski definition) is 1. The lowest BCUT2D eigenvalue weighted by Gasteiger charge is -2.12. The molecule has 2 aromatic heterocycles. The van der Waals surface area contributed by atoms with Crippen LogP contribution in [-0.4, -0.2) is 9.13 Å². The zero-order chi connectivity index (χ0) is 29.8. The standard InChI is InChI=1S/C39H21N5/c1-41-27-18-20-36-32(23-27)39-29(12-8-16-38(39)44(36)37-15-6-4-13-33(37)42-2)26-9-7-10-28(22-26)43-34-14-5-3-11-30(34)31-21-25(24-40)17-19-35(31)43/h3-23H. The van der Waals surface area contributed by atoms with Gasteiger partial charge in [0.05, 0.1) is 52.5 Å². The van der Waals surface area contributed by atoms with Crippen LogP contribution in [0.2, 0.25) is 0 Å². The molecular weight excluding hydrogens is 538 g/mol. The molecule has 5 nitrogen and oxygen atoms in total. The predicted octanol–water partition coefficient (Wildman–Crippen LogP) is 10.5. The fourth-order valence-electron chi connectivity index (χ4n) is 6.51. The summed E-state index contributed by atoms with van der Waals surface area (Å²) in [4.78, 5) is 7.55. The van der Waals surface area contributed by atoms with Gasteiger partial charge in [-0.05, 0) is 77.2 Å². The monoisotopic (exact) mass is 559 g/mol. The molecular formula is C39H21N5. The van der Waals surface area contributed by atoms with E-state index in [0.717, 1.165) is 66.1 Å². The minimum Gasteiger partial charge on any atom is -0.319 e. The first kappa shape index (κ1) is 25.1. The maximum atomic E-state index is 9.56. The van der Waals surface area contributed by atoms with Crippen LogP contribution in [0.4, 0.5) is 11.4 Å². The predicted molar refractivity (Wildman–Crippen MR) is 178 cm³/mol. The molecule has 0 bridgehead atoms. The Morgan fingerprint density at radius 2 is 1.32 bits per heavy atom. The van der Waals surface area contributed by atoms with Crippen molar-refractivity contribution in [3.63, 3.8) is 0 Å². The lowest BCUT2D eigenvalue weighted by atomic mass is 9.98. The second-order valence-electron chi connectivity index (χ2n) is 10.7. The average Bonchev–Trinajstić information content (AvgIpc) is 3.60. The molecule has 6 aromatic carbocycles. The van der Waals surface area contributed by atoms with Crippen LogP contribution in [0.3, 0.4) is 0 Å². The largest absolute Gasteiger partial charge is 0.319 e. The second-order valence-corrected chi connectivity index (χ2v) is 10.7. The van der Waals surface area contributed by atoms with Crippen molar-refractivity contribution in [2.45, 2.75) is 0 Å². The number of rotatable bonds is 3. The molecule has 8 aromatic rings. The van der Waals surface area contributed by atoms with Gasteiger partial charge in [-0.15, -0.1) is 0 Å². The molecule has 2 heterocycles. The topological polar surface area (TPSA) is 42.4 Å². The number of aromatic nitrogens is 2. The minimum atomic E-state index is 0.568. The Kier molecular flexibility index (Phi) is 5.56. The van der Waals surface area contributed by atoms with Gasteiger partial charge in [0.15, 0.2) is 5.69 Å². The molecule has 0 fully saturated rings. The molecule has 202 valence electrons. The van der Waals surface area contributed by atoms with Crippen molar-refractivity contribution >= 4 is 55.0 Å². The van der Waals surface area contributed by atoms with Gasteiger partial charge < -0.3 is 9.13 Å². The van der Waals surface area contributed by atoms with E-state index in [1.54, 1.807) is 0 Å². The summed E-state index contributed by atoms with van der Waals surface area (Å²) in [5.74, 6) is 0. The summed E-state index contributed by atoms with van der Waals surface area (Å²) in [5.41, 5.74) is 9.71. The van der Waals surface area contributed by atoms with Crippen LogP contribution in [0.1, 0.15) is 5.56 Å². The molecule has 0 saturated carbocycles. The van der Waals surface area contributed by atoms with Crippen LogP contribution in [-0.2, 0) is 0 Å². The summed E-state index contributed by atoms with van der Waals surface area (Å²) in [7, 11) is 0. The highest BCUT2D eigenvalue weighted by atomic mass is 15.0. The molecule has 0 aliphatic carbocycles. The maximum absolute atomic E-state index is 9.56. The summed E-state index contributed by atoms with van der Waals surface area (Å²) in [5, 5.41) is 13.7. The normalized spacial score (nSPS) is 11.1. The van der Waals surface area contributed by atoms with Gasteiger partial charge in [-0.1, -0.05) is 66.7 Å². The van der Waals surface area contributed by atoms with Crippen molar-refractivity contribution in [3.05, 3.63) is 156 Å². The summed E-state index contributed by atoms with van der Waals surface area (Å²) in [6.45, 7) is 15.5. The molecule has 0 spiro atoms. The third-order valence-corrected chi connectivity index (χ3v) is 8.36. The van der Waals surface area contributed by atoms with Gasteiger partial charge in [0.1, 0.15) is 0 Å². The van der Waals surface area contributed by atoms with Crippen molar-refractivity contribution in [1.82, 2.24) is 9.13 Å². The van der Waals surface area contributed by atoms with E-state index in [1.165, 1.54) is 0 Å². The highest BCUT2D eigenvalue weighted by Crippen LogP contribution is 2.42. The molecule has 0 aliphatic rings. The number of para-hydroxylation sites is 3. The molecule has 44 heavy (non-hydrogen) atoms. The molecule has 5 heteroatoms. The molecule has 8 rings (SSSR count). The number of nitrogens with zero attached hydrogens (tertiary/aromatic N) is 5. The van der Waals surface area contributed by atoms with E-state index < -0.39 is 0 Å². The molecule has 0 N–H and O–H groups in total. The lowest BCUT2D eigenvalue weighted by molar-refractivity contribution is 1.18. The van der Waals surface area contributed by atoms with Crippen molar-refractivity contribution in [1.29, 1.82) is 5.26 Å². The average molecular weight is 560 g/mol. The van der Waals surface area contributed by atoms with Crippen LogP contribution in [0, 0.1) is 24.5 Å². The minimum absolute atomic E-state index is 0.568. The van der Waals surface area contributed by atoms with Crippen LogP contribution in [0.5, 0.6) is 0 Å². The van der Waals surface area contributed by atoms with Gasteiger partial charge in [0.2, 0.25) is 5.69 Å².